The molecule has 3 aromatic rings. The molecule has 2 aliphatic rings. The molecule has 0 radical (unpaired) electrons. The SMILES string of the molecule is CCOP(=O)(O)Cc1ccc(Nc2ncc(C(F)(F)F)c(Nc3ccc(C4CC[C@H](C(=O)O)NC4)c4c3C(=O)N(C)C4)n2)c(OC)c1. The number of alkyl halides is 3. The van der Waals surface area contributed by atoms with E-state index in [4.69, 9.17) is 9.26 Å². The number of amides is 1. The third kappa shape index (κ3) is 7.51. The van der Waals surface area contributed by atoms with E-state index in [0.29, 0.717) is 36.7 Å². The molecule has 0 aliphatic carbocycles. The Kier molecular flexibility index (Phi) is 9.78. The number of benzene rings is 2. The Labute approximate surface area is 268 Å². The van der Waals surface area contributed by atoms with Gasteiger partial charge in [0, 0.05) is 26.3 Å². The first kappa shape index (κ1) is 34.1. The van der Waals surface area contributed by atoms with Crippen LogP contribution in [0.5, 0.6) is 5.75 Å². The minimum Gasteiger partial charge on any atom is -0.495 e. The molecule has 47 heavy (non-hydrogen) atoms. The number of ether oxygens (including phenoxy) is 1. The summed E-state index contributed by atoms with van der Waals surface area (Å²) in [6.07, 6.45) is -3.53. The highest BCUT2D eigenvalue weighted by atomic mass is 31.2. The molecular formula is C30H34F3N6O7P. The summed E-state index contributed by atoms with van der Waals surface area (Å²) < 4.78 is 64.9. The number of aliphatic carboxylic acids is 1. The molecule has 1 fully saturated rings. The molecule has 0 spiro atoms. The van der Waals surface area contributed by atoms with E-state index in [9.17, 15) is 37.3 Å². The van der Waals surface area contributed by atoms with Crippen molar-refractivity contribution in [2.24, 2.45) is 0 Å². The molecule has 2 unspecified atom stereocenters. The molecule has 3 atom stereocenters. The van der Waals surface area contributed by atoms with E-state index >= 15 is 0 Å². The Morgan fingerprint density at radius 1 is 1.19 bits per heavy atom. The zero-order valence-corrected chi connectivity index (χ0v) is 26.6. The standard InChI is InChI=1S/C30H34F3N6O7P/c1-4-46-47(43,44)15-16-5-8-21(24(11-16)45-3)37-29-35-13-20(30(31,32)33)26(38-29)36-22-10-7-18(19-14-39(2)27(40)25(19)22)17-6-9-23(28(41)42)34-12-17/h5,7-8,10-11,13,17,23,34H,4,6,9,12,14-15H2,1-3H3,(H,41,42)(H,43,44)(H2,35,36,37,38)/t17?,23-/m1/s1. The highest BCUT2D eigenvalue weighted by molar-refractivity contribution is 7.51. The second-order valence-electron chi connectivity index (χ2n) is 11.2. The van der Waals surface area contributed by atoms with Gasteiger partial charge in [-0.05, 0) is 60.6 Å². The number of hydrogen-bond acceptors (Lipinski definition) is 10. The molecule has 252 valence electrons. The monoisotopic (exact) mass is 678 g/mol. The number of rotatable bonds is 11. The predicted molar refractivity (Wildman–Crippen MR) is 165 cm³/mol. The Morgan fingerprint density at radius 2 is 1.94 bits per heavy atom. The van der Waals surface area contributed by atoms with Gasteiger partial charge in [0.05, 0.1) is 36.8 Å². The summed E-state index contributed by atoms with van der Waals surface area (Å²) in [7, 11) is -0.932. The molecule has 13 nitrogen and oxygen atoms in total. The Hall–Kier alpha value is -4.24. The Morgan fingerprint density at radius 3 is 2.57 bits per heavy atom. The van der Waals surface area contributed by atoms with Gasteiger partial charge in [0.2, 0.25) is 5.95 Å². The van der Waals surface area contributed by atoms with Crippen LogP contribution in [0, 0.1) is 0 Å². The van der Waals surface area contributed by atoms with Crippen molar-refractivity contribution in [2.75, 3.05) is 37.9 Å². The number of carboxylic acid groups (broad SMARTS) is 1. The molecular weight excluding hydrogens is 644 g/mol. The van der Waals surface area contributed by atoms with Gasteiger partial charge in [0.15, 0.2) is 0 Å². The summed E-state index contributed by atoms with van der Waals surface area (Å²) in [5, 5.41) is 17.9. The maximum Gasteiger partial charge on any atom is 0.421 e. The zero-order valence-electron chi connectivity index (χ0n) is 25.7. The van der Waals surface area contributed by atoms with Gasteiger partial charge >= 0.3 is 19.7 Å². The smallest absolute Gasteiger partial charge is 0.421 e. The van der Waals surface area contributed by atoms with Crippen molar-refractivity contribution in [1.82, 2.24) is 20.2 Å². The van der Waals surface area contributed by atoms with Crippen molar-refractivity contribution in [1.29, 1.82) is 0 Å². The van der Waals surface area contributed by atoms with E-state index < -0.39 is 37.2 Å². The fourth-order valence-electron chi connectivity index (χ4n) is 5.81. The van der Waals surface area contributed by atoms with Crippen LogP contribution in [0.15, 0.2) is 36.5 Å². The number of anilines is 4. The molecule has 2 aromatic carbocycles. The number of halogens is 3. The first-order chi connectivity index (χ1) is 22.2. The Balaban J connectivity index is 1.46. The molecule has 5 rings (SSSR count). The summed E-state index contributed by atoms with van der Waals surface area (Å²) in [6.45, 7) is 2.27. The minimum atomic E-state index is -4.84. The summed E-state index contributed by atoms with van der Waals surface area (Å²) in [5.74, 6) is -1.99. The predicted octanol–water partition coefficient (Wildman–Crippen LogP) is 5.22. The van der Waals surface area contributed by atoms with Crippen molar-refractivity contribution < 1.29 is 46.6 Å². The van der Waals surface area contributed by atoms with Gasteiger partial charge in [0.1, 0.15) is 23.2 Å². The van der Waals surface area contributed by atoms with E-state index in [-0.39, 0.29) is 59.8 Å². The number of aromatic nitrogens is 2. The van der Waals surface area contributed by atoms with Crippen LogP contribution < -0.4 is 20.7 Å². The van der Waals surface area contributed by atoms with E-state index in [1.54, 1.807) is 20.0 Å². The number of fused-ring (bicyclic) bond motifs is 1. The minimum absolute atomic E-state index is 0.0525. The van der Waals surface area contributed by atoms with Gasteiger partial charge < -0.3 is 40.1 Å². The van der Waals surface area contributed by atoms with Crippen LogP contribution in [0.3, 0.4) is 0 Å². The summed E-state index contributed by atoms with van der Waals surface area (Å²) in [4.78, 5) is 44.1. The van der Waals surface area contributed by atoms with Crippen LogP contribution >= 0.6 is 7.60 Å². The molecule has 3 heterocycles. The van der Waals surface area contributed by atoms with Crippen LogP contribution in [0.4, 0.5) is 36.3 Å². The topological polar surface area (TPSA) is 175 Å². The lowest BCUT2D eigenvalue weighted by molar-refractivity contribution is -0.140. The average molecular weight is 679 g/mol. The molecule has 1 aromatic heterocycles. The van der Waals surface area contributed by atoms with E-state index in [1.165, 1.54) is 36.3 Å². The highest BCUT2D eigenvalue weighted by Crippen LogP contribution is 2.46. The quantitative estimate of drug-likeness (QED) is 0.168. The van der Waals surface area contributed by atoms with Gasteiger partial charge in [-0.25, -0.2) is 4.98 Å². The fraction of sp³-hybridized carbons (Fsp3) is 0.400. The van der Waals surface area contributed by atoms with E-state index in [2.05, 4.69) is 25.9 Å². The summed E-state index contributed by atoms with van der Waals surface area (Å²) >= 11 is 0. The lowest BCUT2D eigenvalue weighted by atomic mass is 9.84. The second kappa shape index (κ2) is 13.5. The molecule has 5 N–H and O–H groups in total. The van der Waals surface area contributed by atoms with Gasteiger partial charge in [-0.15, -0.1) is 0 Å². The van der Waals surface area contributed by atoms with Crippen molar-refractivity contribution >= 4 is 42.6 Å². The number of methoxy groups -OCH3 is 1. The number of nitrogens with one attached hydrogen (secondary N) is 3. The van der Waals surface area contributed by atoms with E-state index in [0.717, 1.165) is 5.56 Å². The van der Waals surface area contributed by atoms with Gasteiger partial charge in [-0.3, -0.25) is 14.2 Å². The summed E-state index contributed by atoms with van der Waals surface area (Å²) in [6, 6.07) is 7.15. The van der Waals surface area contributed by atoms with Crippen molar-refractivity contribution in [3.05, 3.63) is 64.3 Å². The number of piperidine rings is 1. The van der Waals surface area contributed by atoms with E-state index in [1.807, 2.05) is 0 Å². The van der Waals surface area contributed by atoms with Crippen LogP contribution in [0.25, 0.3) is 0 Å². The van der Waals surface area contributed by atoms with Crippen molar-refractivity contribution in [3.63, 3.8) is 0 Å². The third-order valence-corrected chi connectivity index (χ3v) is 9.46. The highest BCUT2D eigenvalue weighted by Gasteiger charge is 2.38. The summed E-state index contributed by atoms with van der Waals surface area (Å²) in [5.41, 5.74) is 1.38. The maximum absolute atomic E-state index is 14.1. The molecule has 1 saturated heterocycles. The second-order valence-corrected chi connectivity index (χ2v) is 13.1. The van der Waals surface area contributed by atoms with Crippen LogP contribution in [-0.4, -0.2) is 70.1 Å². The van der Waals surface area contributed by atoms with Crippen LogP contribution in [0.1, 0.15) is 58.3 Å². The average Bonchev–Trinajstić information content (AvgIpc) is 3.31. The Bertz CT molecular complexity index is 1730. The van der Waals surface area contributed by atoms with Crippen LogP contribution in [-0.2, 0) is 32.8 Å². The van der Waals surface area contributed by atoms with Crippen molar-refractivity contribution in [2.45, 2.75) is 50.6 Å². The fourth-order valence-corrected chi connectivity index (χ4v) is 6.96. The number of nitrogens with zero attached hydrogens (tertiary/aromatic N) is 3. The number of carbonyl (C=O) groups is 2. The molecule has 2 aliphatic heterocycles. The third-order valence-electron chi connectivity index (χ3n) is 8.03. The number of carboxylic acids is 1. The van der Waals surface area contributed by atoms with Crippen molar-refractivity contribution in [3.8, 4) is 5.75 Å². The zero-order chi connectivity index (χ0) is 34.1. The van der Waals surface area contributed by atoms with Gasteiger partial charge in [-0.2, -0.15) is 18.2 Å². The molecule has 1 amide bonds. The lowest BCUT2D eigenvalue weighted by Gasteiger charge is -2.29. The molecule has 17 heteroatoms. The van der Waals surface area contributed by atoms with Gasteiger partial charge in [0.25, 0.3) is 5.91 Å². The number of carbonyl (C=O) groups excluding carboxylic acids is 1. The maximum atomic E-state index is 14.1. The van der Waals surface area contributed by atoms with Crippen LogP contribution in [0.2, 0.25) is 0 Å². The van der Waals surface area contributed by atoms with Gasteiger partial charge in [-0.1, -0.05) is 12.1 Å². The first-order valence-corrected chi connectivity index (χ1v) is 16.5. The number of hydrogen-bond donors (Lipinski definition) is 5. The largest absolute Gasteiger partial charge is 0.495 e. The molecule has 0 bridgehead atoms. The first-order valence-electron chi connectivity index (χ1n) is 14.7. The lowest BCUT2D eigenvalue weighted by Crippen LogP contribution is -2.43. The molecule has 0 saturated carbocycles. The normalized spacial score (nSPS) is 19.2.